The van der Waals surface area contributed by atoms with Gasteiger partial charge in [0, 0.05) is 27.5 Å². The van der Waals surface area contributed by atoms with Gasteiger partial charge in [-0.2, -0.15) is 0 Å². The number of thioether (sulfide) groups is 1. The first-order valence-corrected chi connectivity index (χ1v) is 11.2. The number of fused-ring (bicyclic) bond motifs is 4. The molecule has 0 saturated carbocycles. The molecule has 2 aromatic carbocycles. The molecule has 0 bridgehead atoms. The minimum Gasteiger partial charge on any atom is -0.493 e. The molecule has 170 valence electrons. The maximum Gasteiger partial charge on any atom is 0.336 e. The average Bonchev–Trinajstić information content (AvgIpc) is 3.21. The van der Waals surface area contributed by atoms with Gasteiger partial charge < -0.3 is 24.1 Å². The van der Waals surface area contributed by atoms with Crippen LogP contribution in [0.15, 0.2) is 51.7 Å². The fraction of sp³-hybridized carbons (Fsp3) is 0.292. The average molecular weight is 467 g/mol. The maximum absolute atomic E-state index is 13.5. The molecule has 5 rings (SSSR count). The molecule has 1 fully saturated rings. The number of ether oxygens (including phenoxy) is 2. The summed E-state index contributed by atoms with van der Waals surface area (Å²) >= 11 is 1.57. The summed E-state index contributed by atoms with van der Waals surface area (Å²) in [4.78, 5) is 40.1. The summed E-state index contributed by atoms with van der Waals surface area (Å²) in [5.41, 5.74) is 1.79. The number of benzene rings is 2. The molecule has 33 heavy (non-hydrogen) atoms. The van der Waals surface area contributed by atoms with E-state index in [4.69, 9.17) is 13.9 Å². The largest absolute Gasteiger partial charge is 0.493 e. The van der Waals surface area contributed by atoms with Crippen molar-refractivity contribution in [3.63, 3.8) is 0 Å². The SMILES string of the molecule is COc1ccc2c(c1OC)C(=O)N1[C@@H]2SC(C)(C)[C@H]1C(=O)Nc1ccc2oc(=O)ccc2c1. The molecule has 2 aliphatic heterocycles. The number of carbonyl (C=O) groups excluding carboxylic acids is 2. The molecular weight excluding hydrogens is 444 g/mol. The Morgan fingerprint density at radius 3 is 2.61 bits per heavy atom. The Labute approximate surface area is 193 Å². The number of rotatable bonds is 4. The zero-order valence-electron chi connectivity index (χ0n) is 18.5. The first-order chi connectivity index (χ1) is 15.7. The van der Waals surface area contributed by atoms with Crippen molar-refractivity contribution in [1.82, 2.24) is 4.90 Å². The standard InChI is InChI=1S/C24H22N2O6S/c1-24(2)20(21(28)25-13-6-8-15-12(11-13)5-10-17(27)32-15)26-22(29)18-14(23(26)33-24)7-9-16(30-3)19(18)31-4/h5-11,20,23H,1-4H3,(H,25,28)/t20-,23-/m1/s1. The van der Waals surface area contributed by atoms with Crippen LogP contribution in [0.25, 0.3) is 11.0 Å². The predicted octanol–water partition coefficient (Wildman–Crippen LogP) is 3.80. The van der Waals surface area contributed by atoms with Gasteiger partial charge in [-0.3, -0.25) is 9.59 Å². The summed E-state index contributed by atoms with van der Waals surface area (Å²) < 4.78 is 15.5. The van der Waals surface area contributed by atoms with E-state index in [0.717, 1.165) is 5.56 Å². The second-order valence-electron chi connectivity index (χ2n) is 8.45. The summed E-state index contributed by atoms with van der Waals surface area (Å²) in [6.07, 6.45) is 0. The highest BCUT2D eigenvalue weighted by Gasteiger charge is 2.58. The molecule has 3 aromatic rings. The minimum absolute atomic E-state index is 0.260. The predicted molar refractivity (Wildman–Crippen MR) is 125 cm³/mol. The van der Waals surface area contributed by atoms with E-state index in [-0.39, 0.29) is 17.2 Å². The van der Waals surface area contributed by atoms with Gasteiger partial charge in [0.1, 0.15) is 17.0 Å². The topological polar surface area (TPSA) is 98.1 Å². The Hall–Kier alpha value is -3.46. The lowest BCUT2D eigenvalue weighted by molar-refractivity contribution is -0.121. The normalized spacial score (nSPS) is 20.5. The zero-order valence-corrected chi connectivity index (χ0v) is 19.3. The third-order valence-electron chi connectivity index (χ3n) is 6.03. The van der Waals surface area contributed by atoms with Crippen LogP contribution in [0.1, 0.15) is 35.1 Å². The van der Waals surface area contributed by atoms with Gasteiger partial charge in [-0.25, -0.2) is 4.79 Å². The van der Waals surface area contributed by atoms with E-state index in [0.29, 0.717) is 33.7 Å². The number of nitrogens with zero attached hydrogens (tertiary/aromatic N) is 1. The van der Waals surface area contributed by atoms with E-state index in [1.165, 1.54) is 20.3 Å². The number of nitrogens with one attached hydrogen (secondary N) is 1. The number of methoxy groups -OCH3 is 2. The summed E-state index contributed by atoms with van der Waals surface area (Å²) in [6.45, 7) is 3.92. The lowest BCUT2D eigenvalue weighted by Crippen LogP contribution is -2.50. The van der Waals surface area contributed by atoms with Gasteiger partial charge in [0.15, 0.2) is 11.5 Å². The Bertz CT molecular complexity index is 1360. The van der Waals surface area contributed by atoms with E-state index in [2.05, 4.69) is 5.32 Å². The van der Waals surface area contributed by atoms with Crippen molar-refractivity contribution in [3.8, 4) is 11.5 Å². The Kier molecular flexibility index (Phi) is 4.89. The number of hydrogen-bond donors (Lipinski definition) is 1. The second kappa shape index (κ2) is 7.55. The van der Waals surface area contributed by atoms with E-state index in [9.17, 15) is 14.4 Å². The van der Waals surface area contributed by atoms with Crippen LogP contribution < -0.4 is 20.4 Å². The first kappa shape index (κ1) is 21.4. The molecule has 1 aromatic heterocycles. The van der Waals surface area contributed by atoms with Crippen molar-refractivity contribution in [2.45, 2.75) is 30.0 Å². The number of anilines is 1. The van der Waals surface area contributed by atoms with Crippen molar-refractivity contribution >= 4 is 40.2 Å². The summed E-state index contributed by atoms with van der Waals surface area (Å²) in [6, 6.07) is 10.9. The molecule has 0 unspecified atom stereocenters. The Morgan fingerprint density at radius 2 is 1.88 bits per heavy atom. The molecule has 3 heterocycles. The number of carbonyl (C=O) groups is 2. The van der Waals surface area contributed by atoms with Gasteiger partial charge in [0.05, 0.1) is 19.8 Å². The van der Waals surface area contributed by atoms with E-state index < -0.39 is 16.4 Å². The van der Waals surface area contributed by atoms with E-state index in [1.807, 2.05) is 19.9 Å². The van der Waals surface area contributed by atoms with Crippen molar-refractivity contribution in [3.05, 3.63) is 64.0 Å². The molecule has 8 nitrogen and oxygen atoms in total. The summed E-state index contributed by atoms with van der Waals surface area (Å²) in [5, 5.41) is 3.32. The molecule has 1 saturated heterocycles. The summed E-state index contributed by atoms with van der Waals surface area (Å²) in [7, 11) is 3.02. The molecule has 0 spiro atoms. The van der Waals surface area contributed by atoms with Crippen LogP contribution in [-0.4, -0.2) is 41.7 Å². The molecule has 2 atom stereocenters. The van der Waals surface area contributed by atoms with Crippen LogP contribution in [0.4, 0.5) is 5.69 Å². The smallest absolute Gasteiger partial charge is 0.336 e. The summed E-state index contributed by atoms with van der Waals surface area (Å²) in [5.74, 6) is 0.296. The molecule has 0 radical (unpaired) electrons. The Balaban J connectivity index is 1.49. The number of amides is 2. The lowest BCUT2D eigenvalue weighted by atomic mass is 10.0. The molecule has 9 heteroatoms. The molecule has 0 aliphatic carbocycles. The zero-order chi connectivity index (χ0) is 23.5. The number of hydrogen-bond acceptors (Lipinski definition) is 7. The van der Waals surface area contributed by atoms with Gasteiger partial charge in [0.2, 0.25) is 5.91 Å². The van der Waals surface area contributed by atoms with Crippen LogP contribution in [0.2, 0.25) is 0 Å². The van der Waals surface area contributed by atoms with Gasteiger partial charge in [-0.1, -0.05) is 6.07 Å². The van der Waals surface area contributed by atoms with Gasteiger partial charge in [0.25, 0.3) is 5.91 Å². The second-order valence-corrected chi connectivity index (χ2v) is 10.2. The van der Waals surface area contributed by atoms with Crippen LogP contribution >= 0.6 is 11.8 Å². The molecule has 2 amide bonds. The van der Waals surface area contributed by atoms with Crippen molar-refractivity contribution < 1.29 is 23.5 Å². The van der Waals surface area contributed by atoms with Gasteiger partial charge >= 0.3 is 5.63 Å². The van der Waals surface area contributed by atoms with Gasteiger partial charge in [-0.05, 0) is 44.2 Å². The Morgan fingerprint density at radius 1 is 1.09 bits per heavy atom. The van der Waals surface area contributed by atoms with Crippen molar-refractivity contribution in [2.24, 2.45) is 0 Å². The molecule has 2 aliphatic rings. The van der Waals surface area contributed by atoms with Crippen molar-refractivity contribution in [1.29, 1.82) is 0 Å². The van der Waals surface area contributed by atoms with Crippen LogP contribution in [-0.2, 0) is 4.79 Å². The monoisotopic (exact) mass is 466 g/mol. The maximum atomic E-state index is 13.5. The van der Waals surface area contributed by atoms with Crippen LogP contribution in [0.3, 0.4) is 0 Å². The third kappa shape index (κ3) is 3.26. The lowest BCUT2D eigenvalue weighted by Gasteiger charge is -2.29. The quantitative estimate of drug-likeness (QED) is 0.584. The van der Waals surface area contributed by atoms with Crippen LogP contribution in [0.5, 0.6) is 11.5 Å². The van der Waals surface area contributed by atoms with Gasteiger partial charge in [-0.15, -0.1) is 11.8 Å². The minimum atomic E-state index is -0.715. The third-order valence-corrected chi connectivity index (χ3v) is 7.57. The molecular formula is C24H22N2O6S. The van der Waals surface area contributed by atoms with Crippen LogP contribution in [0, 0.1) is 0 Å². The fourth-order valence-corrected chi connectivity index (χ4v) is 6.20. The highest BCUT2D eigenvalue weighted by atomic mass is 32.2. The fourth-order valence-electron chi connectivity index (χ4n) is 4.62. The first-order valence-electron chi connectivity index (χ1n) is 10.4. The highest BCUT2D eigenvalue weighted by molar-refractivity contribution is 8.01. The van der Waals surface area contributed by atoms with E-state index >= 15 is 0 Å². The van der Waals surface area contributed by atoms with E-state index in [1.54, 1.807) is 47.0 Å². The molecule has 1 N–H and O–H groups in total. The van der Waals surface area contributed by atoms with Crippen molar-refractivity contribution in [2.75, 3.05) is 19.5 Å². The highest BCUT2D eigenvalue weighted by Crippen LogP contribution is 2.58.